The molecule has 4 aliphatic rings. The minimum Gasteiger partial charge on any atom is -0.512 e. The maximum Gasteiger partial charge on any atom is 0.327 e. The molecular weight excluding hydrogens is 1500 g/mol. The zero-order valence-corrected chi connectivity index (χ0v) is 63.0. The number of aliphatic carboxylic acids is 3. The molecule has 12 N–H and O–H groups in total. The number of fused-ring (bicyclic) bond motifs is 4. The zero-order chi connectivity index (χ0) is 72.7. The second-order valence-corrected chi connectivity index (χ2v) is 29.5. The number of hydrogen-bond donors (Lipinski definition) is 11. The predicted molar refractivity (Wildman–Crippen MR) is 383 cm³/mol. The van der Waals surface area contributed by atoms with E-state index in [9.17, 15) is 78.3 Å². The number of aliphatic hydroxyl groups is 2. The van der Waals surface area contributed by atoms with Crippen LogP contribution in [-0.2, 0) is 76.4 Å². The topological polar surface area (TPSA) is 395 Å². The molecule has 0 spiro atoms. The molecule has 7 amide bonds. The third-order valence-electron chi connectivity index (χ3n) is 17.9. The van der Waals surface area contributed by atoms with Crippen LogP contribution in [0.1, 0.15) is 113 Å². The number of Topliss-reactive ketones (excluding diaryl/α,β-unsaturated/α-hetero) is 1. The van der Waals surface area contributed by atoms with Gasteiger partial charge in [-0.25, -0.2) is 4.79 Å². The fourth-order valence-corrected chi connectivity index (χ4v) is 15.6. The molecule has 1 radical (unpaired) electrons. The van der Waals surface area contributed by atoms with Crippen molar-refractivity contribution in [3.05, 3.63) is 83.1 Å². The molecule has 32 heteroatoms. The normalized spacial score (nSPS) is 23.5. The van der Waals surface area contributed by atoms with Gasteiger partial charge in [0, 0.05) is 169 Å². The number of carboxylic acids is 3. The zero-order valence-electron chi connectivity index (χ0n) is 58.1. The summed E-state index contributed by atoms with van der Waals surface area (Å²) in [6, 6.07) is 6.70. The monoisotopic (exact) mass is 1610 g/mol. The van der Waals surface area contributed by atoms with Gasteiger partial charge in [-0.2, -0.15) is 35.3 Å². The number of ketones is 1. The van der Waals surface area contributed by atoms with Crippen LogP contribution in [0.25, 0.3) is 0 Å². The Morgan fingerprint density at radius 2 is 1.23 bits per heavy atom. The first kappa shape index (κ1) is 86.4. The summed E-state index contributed by atoms with van der Waals surface area (Å²) in [5, 5.41) is 64.7. The summed E-state index contributed by atoms with van der Waals surface area (Å²) in [4.78, 5) is 159. The number of rotatable bonds is 26. The van der Waals surface area contributed by atoms with Gasteiger partial charge in [0.25, 0.3) is 0 Å². The van der Waals surface area contributed by atoms with Crippen molar-refractivity contribution in [1.29, 1.82) is 0 Å². The second-order valence-electron chi connectivity index (χ2n) is 26.3. The number of amides is 7. The van der Waals surface area contributed by atoms with E-state index in [4.69, 9.17) is 5.73 Å². The first-order valence-corrected chi connectivity index (χ1v) is 38.2. The molecule has 0 aliphatic carbocycles. The van der Waals surface area contributed by atoms with Gasteiger partial charge in [-0.05, 0) is 86.4 Å². The van der Waals surface area contributed by atoms with Crippen LogP contribution in [0.5, 0.6) is 0 Å². The number of carbonyl (C=O) groups excluding carboxylic acids is 8. The maximum atomic E-state index is 14.7. The Balaban J connectivity index is 0.0000184. The van der Waals surface area contributed by atoms with Crippen LogP contribution in [-0.4, -0.2) is 284 Å². The predicted octanol–water partition coefficient (Wildman–Crippen LogP) is 1.64. The summed E-state index contributed by atoms with van der Waals surface area (Å²) in [5.41, 5.74) is 8.91. The Morgan fingerprint density at radius 1 is 0.653 bits per heavy atom. The SMILES string of the molecule is C=C(O)CN1CCN(CC(=O)O)CCN(CC(=O)O)CCN(CC(=O)CCCSCc2cc3cc(c2)CSC[C@@H](C(=O)O)NC(=O)[C@H](Cc2ccccc2)NC(=O)[C@H](CCC(N)=O)NC(=O)[C@H]([C@@H](C)O)NC(=O)[C@@H]2CCCN2C(=O)[C@@H]2CCCN2C[C@@H](NC(=O)CCCCC)CSC3)CC1.[Eu]. The number of carboxylic acid groups (broad SMARTS) is 3. The number of hydrogen-bond acceptors (Lipinski definition) is 21. The Labute approximate surface area is 645 Å². The fraction of sp³-hybridized carbons (Fsp3) is 0.638. The standard InChI is InChI=1S/C69H104N12O16S3.Eu/c1-4-5-7-18-60(86)71-52-37-80-21-10-17-58(80)68(95)81-22-11-16-57(81)66(93)75-63(47(3)83)67(94)72-54(19-20-59(70)85)64(91)73-55(35-48-13-8-6-9-14-48)65(92)74-56(69(96)97)45-100-43-51-33-49(32-50(34-51)42-99-44-52)41-98-31-12-15-53(84)38-77-25-23-76(36-46(2)82)24-27-78(39-61(87)88)29-30-79(28-26-77)40-62(89)90;/h6,8-9,13-14,32-34,47,52,54-58,63,82-83H,2,4-5,7,10-12,15-31,35-45H2,1,3H3,(H2,70,85)(H,71,86)(H,72,94)(H,73,91)(H,74,92)(H,75,93)(H,87,88)(H,89,90)(H,96,97);/t47-,52-,54+,55+,56+,57+,58+,63+;/m1./s1. The Hall–Kier alpha value is -5.26. The number of primary amides is 1. The number of carbonyl (C=O) groups is 11. The molecule has 2 aromatic rings. The smallest absolute Gasteiger partial charge is 0.327 e. The largest absolute Gasteiger partial charge is 0.512 e. The molecule has 101 heavy (non-hydrogen) atoms. The third-order valence-corrected chi connectivity index (χ3v) is 21.3. The molecule has 0 unspecified atom stereocenters. The molecule has 28 nitrogen and oxygen atoms in total. The van der Waals surface area contributed by atoms with Gasteiger partial charge in [0.1, 0.15) is 36.0 Å². The molecule has 561 valence electrons. The van der Waals surface area contributed by atoms with Crippen LogP contribution < -0.4 is 32.3 Å². The molecule has 0 saturated carbocycles. The third kappa shape index (κ3) is 31.5. The molecule has 2 bridgehead atoms. The summed E-state index contributed by atoms with van der Waals surface area (Å²) >= 11 is 4.52. The van der Waals surface area contributed by atoms with Crippen LogP contribution in [0.2, 0.25) is 0 Å². The van der Waals surface area contributed by atoms with E-state index < -0.39 is 96.2 Å². The van der Waals surface area contributed by atoms with Crippen molar-refractivity contribution in [3.63, 3.8) is 0 Å². The van der Waals surface area contributed by atoms with Crippen molar-refractivity contribution in [3.8, 4) is 0 Å². The van der Waals surface area contributed by atoms with E-state index >= 15 is 0 Å². The Kier molecular flexibility index (Phi) is 39.2. The molecule has 6 rings (SSSR count). The maximum absolute atomic E-state index is 14.7. The van der Waals surface area contributed by atoms with Crippen LogP contribution in [0, 0.1) is 49.4 Å². The van der Waals surface area contributed by atoms with Gasteiger partial charge in [0.2, 0.25) is 41.4 Å². The molecule has 0 aromatic heterocycles. The van der Waals surface area contributed by atoms with Crippen LogP contribution in [0.3, 0.4) is 0 Å². The van der Waals surface area contributed by atoms with E-state index in [-0.39, 0.29) is 143 Å². The second kappa shape index (κ2) is 45.9. The Morgan fingerprint density at radius 3 is 1.81 bits per heavy atom. The van der Waals surface area contributed by atoms with E-state index in [1.807, 2.05) is 21.9 Å². The number of aliphatic hydroxyl groups excluding tert-OH is 2. The van der Waals surface area contributed by atoms with Crippen molar-refractivity contribution in [2.24, 2.45) is 5.73 Å². The van der Waals surface area contributed by atoms with E-state index in [1.165, 1.54) is 23.6 Å². The van der Waals surface area contributed by atoms with Gasteiger partial charge >= 0.3 is 17.9 Å². The summed E-state index contributed by atoms with van der Waals surface area (Å²) in [6.07, 6.45) is 3.21. The van der Waals surface area contributed by atoms with Crippen LogP contribution >= 0.6 is 35.3 Å². The summed E-state index contributed by atoms with van der Waals surface area (Å²) in [5.74, 6) is -5.73. The quantitative estimate of drug-likeness (QED) is 0.0471. The van der Waals surface area contributed by atoms with E-state index in [2.05, 4.69) is 51.1 Å². The van der Waals surface area contributed by atoms with Crippen molar-refractivity contribution in [2.75, 3.05) is 115 Å². The van der Waals surface area contributed by atoms with Gasteiger partial charge in [-0.3, -0.25) is 72.4 Å². The first-order chi connectivity index (χ1) is 47.8. The molecule has 2 aromatic carbocycles. The number of nitrogens with zero attached hydrogens (tertiary/aromatic N) is 6. The molecule has 4 heterocycles. The van der Waals surface area contributed by atoms with Crippen LogP contribution in [0.4, 0.5) is 0 Å². The van der Waals surface area contributed by atoms with E-state index in [0.29, 0.717) is 138 Å². The average molecular weight is 1610 g/mol. The minimum atomic E-state index is -1.65. The molecular formula is C69H104EuN12O16S3. The van der Waals surface area contributed by atoms with E-state index in [0.717, 1.165) is 29.5 Å². The number of benzene rings is 2. The number of thioether (sulfide) groups is 3. The van der Waals surface area contributed by atoms with E-state index in [1.54, 1.807) is 63.7 Å². The number of nitrogens with two attached hydrogens (primary N) is 1. The van der Waals surface area contributed by atoms with Crippen molar-refractivity contribution >= 4 is 100 Å². The average Bonchev–Trinajstić information content (AvgIpc) is 1.70. The van der Waals surface area contributed by atoms with Gasteiger partial charge in [-0.15, -0.1) is 0 Å². The summed E-state index contributed by atoms with van der Waals surface area (Å²) in [6.45, 7) is 10.9. The van der Waals surface area contributed by atoms with Gasteiger partial charge in [0.15, 0.2) is 0 Å². The number of nitrogens with one attached hydrogen (secondary N) is 5. The van der Waals surface area contributed by atoms with Crippen molar-refractivity contribution in [2.45, 2.75) is 163 Å². The van der Waals surface area contributed by atoms with Crippen molar-refractivity contribution < 1.29 is 128 Å². The molecule has 8 atom stereocenters. The number of unbranched alkanes of at least 4 members (excludes halogenated alkanes) is 2. The first-order valence-electron chi connectivity index (χ1n) is 34.7. The Bertz CT molecular complexity index is 3060. The summed E-state index contributed by atoms with van der Waals surface area (Å²) < 4.78 is 0. The summed E-state index contributed by atoms with van der Waals surface area (Å²) in [7, 11) is 0. The van der Waals surface area contributed by atoms with Gasteiger partial charge < -0.3 is 62.8 Å². The molecule has 3 fully saturated rings. The fourth-order valence-electron chi connectivity index (χ4n) is 12.8. The van der Waals surface area contributed by atoms with Crippen LogP contribution in [0.15, 0.2) is 60.9 Å². The van der Waals surface area contributed by atoms with Gasteiger partial charge in [-0.1, -0.05) is 74.9 Å². The molecule has 4 aliphatic heterocycles. The van der Waals surface area contributed by atoms with Gasteiger partial charge in [0.05, 0.1) is 50.1 Å². The minimum absolute atomic E-state index is 0. The molecule has 3 saturated heterocycles. The van der Waals surface area contributed by atoms with Crippen molar-refractivity contribution in [1.82, 2.24) is 56.0 Å².